The summed E-state index contributed by atoms with van der Waals surface area (Å²) in [6.07, 6.45) is 11.4. The van der Waals surface area contributed by atoms with E-state index in [4.69, 9.17) is 4.74 Å². The van der Waals surface area contributed by atoms with E-state index in [1.165, 1.54) is 31.7 Å². The number of carbonyl (C=O) groups is 1. The Morgan fingerprint density at radius 1 is 1.17 bits per heavy atom. The lowest BCUT2D eigenvalue weighted by molar-refractivity contribution is 0.0742. The lowest BCUT2D eigenvalue weighted by Crippen LogP contribution is -2.34. The number of hydrogen-bond donors (Lipinski definition) is 0. The average molecular weight is 404 g/mol. The molecule has 3 nitrogen and oxygen atoms in total. The molecule has 1 saturated heterocycles. The van der Waals surface area contributed by atoms with Crippen LogP contribution in [0.2, 0.25) is 0 Å². The third-order valence-electron chi connectivity index (χ3n) is 6.55. The molecule has 2 aliphatic rings. The number of benzene rings is 1. The van der Waals surface area contributed by atoms with Crippen LogP contribution in [-0.2, 0) is 0 Å². The Labute approximate surface area is 176 Å². The van der Waals surface area contributed by atoms with Gasteiger partial charge in [-0.1, -0.05) is 39.5 Å². The maximum atomic E-state index is 14.9. The standard InChI is InChI=1S/C25H38FNO2/c1-4-6-7-11-19(9-5-2)17-29-24-16-23(26)22(15-21(24)20-12-13-20)25(28)27-14-8-10-18(27)3/h15-16,18-20H,4-14,17H2,1-3H3. The zero-order valence-electron chi connectivity index (χ0n) is 18.5. The Hall–Kier alpha value is -1.58. The summed E-state index contributed by atoms with van der Waals surface area (Å²) in [6, 6.07) is 3.47. The normalized spacial score (nSPS) is 20.1. The van der Waals surface area contributed by atoms with E-state index in [9.17, 15) is 9.18 Å². The number of nitrogens with zero attached hydrogens (tertiary/aromatic N) is 1. The minimum atomic E-state index is -0.438. The molecular weight excluding hydrogens is 365 g/mol. The highest BCUT2D eigenvalue weighted by molar-refractivity contribution is 5.95. The fraction of sp³-hybridized carbons (Fsp3) is 0.720. The summed E-state index contributed by atoms with van der Waals surface area (Å²) in [4.78, 5) is 14.7. The maximum absolute atomic E-state index is 14.9. The van der Waals surface area contributed by atoms with E-state index in [0.717, 1.165) is 50.6 Å². The van der Waals surface area contributed by atoms with Gasteiger partial charge in [-0.2, -0.15) is 0 Å². The molecular formula is C25H38FNO2. The van der Waals surface area contributed by atoms with Crippen LogP contribution in [-0.4, -0.2) is 30.0 Å². The first-order valence-corrected chi connectivity index (χ1v) is 11.8. The van der Waals surface area contributed by atoms with Gasteiger partial charge in [0.1, 0.15) is 11.6 Å². The zero-order valence-corrected chi connectivity index (χ0v) is 18.5. The van der Waals surface area contributed by atoms with Crippen molar-refractivity contribution in [1.82, 2.24) is 4.90 Å². The van der Waals surface area contributed by atoms with Crippen molar-refractivity contribution in [1.29, 1.82) is 0 Å². The molecule has 29 heavy (non-hydrogen) atoms. The second kappa shape index (κ2) is 10.4. The molecule has 0 N–H and O–H groups in total. The van der Waals surface area contributed by atoms with Crippen molar-refractivity contribution >= 4 is 5.91 Å². The molecule has 1 aromatic carbocycles. The van der Waals surface area contributed by atoms with Crippen LogP contribution in [0, 0.1) is 11.7 Å². The highest BCUT2D eigenvalue weighted by Crippen LogP contribution is 2.45. The lowest BCUT2D eigenvalue weighted by atomic mass is 9.97. The zero-order chi connectivity index (χ0) is 20.8. The van der Waals surface area contributed by atoms with Crippen LogP contribution in [0.15, 0.2) is 12.1 Å². The first-order chi connectivity index (χ1) is 14.0. The largest absolute Gasteiger partial charge is 0.493 e. The number of amides is 1. The number of likely N-dealkylation sites (tertiary alicyclic amines) is 1. The molecule has 1 saturated carbocycles. The quantitative estimate of drug-likeness (QED) is 0.385. The highest BCUT2D eigenvalue weighted by Gasteiger charge is 2.32. The second-order valence-electron chi connectivity index (χ2n) is 9.10. The van der Waals surface area contributed by atoms with Crippen LogP contribution in [0.1, 0.15) is 107 Å². The van der Waals surface area contributed by atoms with Crippen molar-refractivity contribution in [2.24, 2.45) is 5.92 Å². The number of carbonyl (C=O) groups excluding carboxylic acids is 1. The van der Waals surface area contributed by atoms with Crippen LogP contribution < -0.4 is 4.74 Å². The van der Waals surface area contributed by atoms with Gasteiger partial charge >= 0.3 is 0 Å². The van der Waals surface area contributed by atoms with Crippen molar-refractivity contribution in [3.8, 4) is 5.75 Å². The molecule has 2 atom stereocenters. The average Bonchev–Trinajstić information content (AvgIpc) is 3.46. The molecule has 1 heterocycles. The van der Waals surface area contributed by atoms with Gasteiger partial charge in [-0.3, -0.25) is 4.79 Å². The molecule has 1 amide bonds. The van der Waals surface area contributed by atoms with Crippen LogP contribution in [0.5, 0.6) is 5.75 Å². The number of hydrogen-bond acceptors (Lipinski definition) is 2. The lowest BCUT2D eigenvalue weighted by Gasteiger charge is -2.23. The van der Waals surface area contributed by atoms with Crippen molar-refractivity contribution in [3.05, 3.63) is 29.1 Å². The van der Waals surface area contributed by atoms with Crippen molar-refractivity contribution in [3.63, 3.8) is 0 Å². The number of ether oxygens (including phenoxy) is 1. The van der Waals surface area contributed by atoms with Crippen molar-refractivity contribution in [2.45, 2.75) is 96.9 Å². The Kier molecular flexibility index (Phi) is 7.97. The van der Waals surface area contributed by atoms with Crippen LogP contribution in [0.4, 0.5) is 4.39 Å². The highest BCUT2D eigenvalue weighted by atomic mass is 19.1. The Morgan fingerprint density at radius 3 is 2.59 bits per heavy atom. The minimum Gasteiger partial charge on any atom is -0.493 e. The molecule has 2 unspecified atom stereocenters. The van der Waals surface area contributed by atoms with Gasteiger partial charge in [-0.25, -0.2) is 4.39 Å². The summed E-state index contributed by atoms with van der Waals surface area (Å²) in [7, 11) is 0. The molecule has 0 aromatic heterocycles. The van der Waals surface area contributed by atoms with Gasteiger partial charge in [0.05, 0.1) is 12.2 Å². The van der Waals surface area contributed by atoms with Crippen LogP contribution in [0.25, 0.3) is 0 Å². The van der Waals surface area contributed by atoms with E-state index in [1.807, 2.05) is 4.90 Å². The van der Waals surface area contributed by atoms with Gasteiger partial charge in [0, 0.05) is 18.7 Å². The predicted octanol–water partition coefficient (Wildman–Crippen LogP) is 6.70. The van der Waals surface area contributed by atoms with Crippen molar-refractivity contribution < 1.29 is 13.9 Å². The van der Waals surface area contributed by atoms with Gasteiger partial charge in [-0.15, -0.1) is 0 Å². The summed E-state index contributed by atoms with van der Waals surface area (Å²) < 4.78 is 21.1. The monoisotopic (exact) mass is 403 g/mol. The predicted molar refractivity (Wildman–Crippen MR) is 116 cm³/mol. The van der Waals surface area contributed by atoms with Crippen LogP contribution >= 0.6 is 0 Å². The first-order valence-electron chi connectivity index (χ1n) is 11.8. The molecule has 2 fully saturated rings. The van der Waals surface area contributed by atoms with E-state index in [-0.39, 0.29) is 17.5 Å². The topological polar surface area (TPSA) is 29.5 Å². The molecule has 0 bridgehead atoms. The molecule has 1 aliphatic heterocycles. The maximum Gasteiger partial charge on any atom is 0.257 e. The van der Waals surface area contributed by atoms with E-state index in [0.29, 0.717) is 24.2 Å². The van der Waals surface area contributed by atoms with Gasteiger partial charge < -0.3 is 9.64 Å². The van der Waals surface area contributed by atoms with E-state index >= 15 is 0 Å². The summed E-state index contributed by atoms with van der Waals surface area (Å²) in [5, 5.41) is 0. The summed E-state index contributed by atoms with van der Waals surface area (Å²) in [5.74, 6) is 0.995. The Morgan fingerprint density at radius 2 is 1.97 bits per heavy atom. The summed E-state index contributed by atoms with van der Waals surface area (Å²) in [5.41, 5.74) is 1.26. The first kappa shape index (κ1) is 22.1. The molecule has 162 valence electrons. The molecule has 0 spiro atoms. The van der Waals surface area contributed by atoms with Gasteiger partial charge in [0.15, 0.2) is 0 Å². The minimum absolute atomic E-state index is 0.163. The fourth-order valence-electron chi connectivity index (χ4n) is 4.57. The molecule has 3 rings (SSSR count). The van der Waals surface area contributed by atoms with Gasteiger partial charge in [0.2, 0.25) is 0 Å². The number of rotatable bonds is 11. The number of unbranched alkanes of at least 4 members (excludes halogenated alkanes) is 2. The third-order valence-corrected chi connectivity index (χ3v) is 6.55. The Bertz CT molecular complexity index is 686. The van der Waals surface area contributed by atoms with Gasteiger partial charge in [0.25, 0.3) is 5.91 Å². The molecule has 1 aromatic rings. The smallest absolute Gasteiger partial charge is 0.257 e. The SMILES string of the molecule is CCCCCC(CCC)COc1cc(F)c(C(=O)N2CCCC2C)cc1C1CC1. The fourth-order valence-corrected chi connectivity index (χ4v) is 4.57. The van der Waals surface area contributed by atoms with Crippen molar-refractivity contribution in [2.75, 3.05) is 13.2 Å². The van der Waals surface area contributed by atoms with Gasteiger partial charge in [-0.05, 0) is 68.9 Å². The second-order valence-corrected chi connectivity index (χ2v) is 9.10. The summed E-state index contributed by atoms with van der Waals surface area (Å²) >= 11 is 0. The van der Waals surface area contributed by atoms with E-state index in [2.05, 4.69) is 20.8 Å². The third kappa shape index (κ3) is 5.73. The molecule has 0 radical (unpaired) electrons. The van der Waals surface area contributed by atoms with E-state index in [1.54, 1.807) is 6.07 Å². The Balaban J connectivity index is 1.73. The van der Waals surface area contributed by atoms with E-state index < -0.39 is 5.82 Å². The molecule has 4 heteroatoms. The molecule has 1 aliphatic carbocycles. The summed E-state index contributed by atoms with van der Waals surface area (Å²) in [6.45, 7) is 7.86. The van der Waals surface area contributed by atoms with Crippen LogP contribution in [0.3, 0.4) is 0 Å². The number of halogens is 1.